The fraction of sp³-hybridized carbons (Fsp3) is 0.188. The minimum Gasteiger partial charge on any atom is -0.385 e. The molecule has 98 valence electrons. The summed E-state index contributed by atoms with van der Waals surface area (Å²) >= 11 is 0. The Morgan fingerprint density at radius 1 is 0.947 bits per heavy atom. The van der Waals surface area contributed by atoms with Gasteiger partial charge in [-0.25, -0.2) is 0 Å². The molecule has 0 atom stereocenters. The third-order valence-electron chi connectivity index (χ3n) is 2.79. The number of rotatable bonds is 5. The molecule has 0 saturated carbocycles. The van der Waals surface area contributed by atoms with Crippen molar-refractivity contribution in [2.24, 2.45) is 0 Å². The van der Waals surface area contributed by atoms with Crippen LogP contribution in [0.2, 0.25) is 0 Å². The largest absolute Gasteiger partial charge is 0.385 e. The van der Waals surface area contributed by atoms with Gasteiger partial charge in [0.15, 0.2) is 0 Å². The topological polar surface area (TPSA) is 41.1 Å². The van der Waals surface area contributed by atoms with E-state index in [1.807, 2.05) is 30.3 Å². The van der Waals surface area contributed by atoms with E-state index in [1.165, 1.54) is 12.5 Å². The molecular weight excluding hydrogens is 236 g/mol. The molecule has 0 radical (unpaired) electrons. The highest BCUT2D eigenvalue weighted by molar-refractivity contribution is 5.88. The van der Waals surface area contributed by atoms with Crippen molar-refractivity contribution < 1.29 is 4.79 Å². The van der Waals surface area contributed by atoms with Crippen LogP contribution in [-0.2, 0) is 11.2 Å². The van der Waals surface area contributed by atoms with Crippen LogP contribution in [0.3, 0.4) is 0 Å². The van der Waals surface area contributed by atoms with Crippen LogP contribution in [0.25, 0.3) is 0 Å². The molecule has 2 aromatic carbocycles. The van der Waals surface area contributed by atoms with E-state index in [9.17, 15) is 4.79 Å². The van der Waals surface area contributed by atoms with Gasteiger partial charge in [-0.2, -0.15) is 0 Å². The van der Waals surface area contributed by atoms with Gasteiger partial charge in [0.2, 0.25) is 5.91 Å². The van der Waals surface area contributed by atoms with Gasteiger partial charge in [0.05, 0.1) is 0 Å². The van der Waals surface area contributed by atoms with Gasteiger partial charge in [-0.15, -0.1) is 0 Å². The summed E-state index contributed by atoms with van der Waals surface area (Å²) in [6.45, 7) is 2.40. The lowest BCUT2D eigenvalue weighted by Gasteiger charge is -2.08. The monoisotopic (exact) mass is 254 g/mol. The number of nitrogens with one attached hydrogen (secondary N) is 2. The Balaban J connectivity index is 1.81. The highest BCUT2D eigenvalue weighted by atomic mass is 16.1. The molecule has 0 fully saturated rings. The summed E-state index contributed by atoms with van der Waals surface area (Å²) in [6, 6.07) is 18.1. The Hall–Kier alpha value is -2.29. The molecule has 0 unspecified atom stereocenters. The second kappa shape index (κ2) is 6.59. The highest BCUT2D eigenvalue weighted by Crippen LogP contribution is 2.13. The Morgan fingerprint density at radius 3 is 2.21 bits per heavy atom. The van der Waals surface area contributed by atoms with E-state index < -0.39 is 0 Å². The van der Waals surface area contributed by atoms with E-state index in [1.54, 1.807) is 0 Å². The molecule has 0 aromatic heterocycles. The fourth-order valence-electron chi connectivity index (χ4n) is 1.87. The van der Waals surface area contributed by atoms with Crippen molar-refractivity contribution in [1.29, 1.82) is 0 Å². The van der Waals surface area contributed by atoms with Crippen molar-refractivity contribution in [3.63, 3.8) is 0 Å². The average Bonchev–Trinajstić information content (AvgIpc) is 2.41. The van der Waals surface area contributed by atoms with E-state index in [2.05, 4.69) is 34.9 Å². The van der Waals surface area contributed by atoms with Crippen molar-refractivity contribution in [1.82, 2.24) is 0 Å². The number of hydrogen-bond acceptors (Lipinski definition) is 2. The summed E-state index contributed by atoms with van der Waals surface area (Å²) in [7, 11) is 0. The first kappa shape index (κ1) is 13.1. The smallest absolute Gasteiger partial charge is 0.221 e. The van der Waals surface area contributed by atoms with Gasteiger partial charge in [0.1, 0.15) is 0 Å². The van der Waals surface area contributed by atoms with Gasteiger partial charge in [-0.3, -0.25) is 4.79 Å². The maximum Gasteiger partial charge on any atom is 0.221 e. The lowest BCUT2D eigenvalue weighted by Crippen LogP contribution is -2.07. The Labute approximate surface area is 113 Å². The van der Waals surface area contributed by atoms with Gasteiger partial charge in [0.25, 0.3) is 0 Å². The first-order chi connectivity index (χ1) is 9.24. The van der Waals surface area contributed by atoms with E-state index in [0.29, 0.717) is 0 Å². The average molecular weight is 254 g/mol. The van der Waals surface area contributed by atoms with Crippen molar-refractivity contribution in [3.05, 3.63) is 60.2 Å². The third kappa shape index (κ3) is 4.47. The zero-order valence-corrected chi connectivity index (χ0v) is 11.0. The van der Waals surface area contributed by atoms with Crippen LogP contribution in [0.1, 0.15) is 12.5 Å². The zero-order chi connectivity index (χ0) is 13.5. The van der Waals surface area contributed by atoms with E-state index in [4.69, 9.17) is 0 Å². The van der Waals surface area contributed by atoms with Crippen LogP contribution in [-0.4, -0.2) is 12.5 Å². The fourth-order valence-corrected chi connectivity index (χ4v) is 1.87. The van der Waals surface area contributed by atoms with E-state index in [0.717, 1.165) is 24.3 Å². The standard InChI is InChI=1S/C16H18N2O/c1-13(19)18-16-9-7-15(8-10-16)17-12-11-14-5-3-2-4-6-14/h2-10,17H,11-12H2,1H3,(H,18,19). The molecule has 2 N–H and O–H groups in total. The predicted molar refractivity (Wildman–Crippen MR) is 79.4 cm³/mol. The van der Waals surface area contributed by atoms with Gasteiger partial charge in [-0.05, 0) is 36.2 Å². The quantitative estimate of drug-likeness (QED) is 0.859. The zero-order valence-electron chi connectivity index (χ0n) is 11.0. The van der Waals surface area contributed by atoms with E-state index >= 15 is 0 Å². The van der Waals surface area contributed by atoms with Crippen molar-refractivity contribution >= 4 is 17.3 Å². The van der Waals surface area contributed by atoms with Crippen LogP contribution in [0.4, 0.5) is 11.4 Å². The molecule has 0 aliphatic carbocycles. The molecule has 3 nitrogen and oxygen atoms in total. The van der Waals surface area contributed by atoms with Gasteiger partial charge < -0.3 is 10.6 Å². The summed E-state index contributed by atoms with van der Waals surface area (Å²) in [6.07, 6.45) is 0.994. The molecule has 0 spiro atoms. The van der Waals surface area contributed by atoms with Gasteiger partial charge in [-0.1, -0.05) is 30.3 Å². The van der Waals surface area contributed by atoms with Gasteiger partial charge in [0, 0.05) is 24.8 Å². The second-order valence-corrected chi connectivity index (χ2v) is 4.42. The van der Waals surface area contributed by atoms with Gasteiger partial charge >= 0.3 is 0 Å². The minimum atomic E-state index is -0.0511. The molecule has 0 bridgehead atoms. The molecule has 19 heavy (non-hydrogen) atoms. The number of carbonyl (C=O) groups is 1. The van der Waals surface area contributed by atoms with Crippen LogP contribution < -0.4 is 10.6 Å². The van der Waals surface area contributed by atoms with E-state index in [-0.39, 0.29) is 5.91 Å². The first-order valence-electron chi connectivity index (χ1n) is 6.39. The van der Waals surface area contributed by atoms with Crippen molar-refractivity contribution in [3.8, 4) is 0 Å². The normalized spacial score (nSPS) is 9.95. The lowest BCUT2D eigenvalue weighted by molar-refractivity contribution is -0.114. The van der Waals surface area contributed by atoms with Crippen LogP contribution in [0, 0.1) is 0 Å². The second-order valence-electron chi connectivity index (χ2n) is 4.42. The molecule has 0 aliphatic rings. The third-order valence-corrected chi connectivity index (χ3v) is 2.79. The minimum absolute atomic E-state index is 0.0511. The van der Waals surface area contributed by atoms with Crippen LogP contribution in [0.15, 0.2) is 54.6 Å². The maximum absolute atomic E-state index is 10.9. The molecule has 2 aromatic rings. The summed E-state index contributed by atoms with van der Waals surface area (Å²) in [4.78, 5) is 10.9. The maximum atomic E-state index is 10.9. The van der Waals surface area contributed by atoms with Crippen molar-refractivity contribution in [2.45, 2.75) is 13.3 Å². The van der Waals surface area contributed by atoms with Crippen LogP contribution >= 0.6 is 0 Å². The van der Waals surface area contributed by atoms with Crippen LogP contribution in [0.5, 0.6) is 0 Å². The Kier molecular flexibility index (Phi) is 4.56. The SMILES string of the molecule is CC(=O)Nc1ccc(NCCc2ccccc2)cc1. The summed E-state index contributed by atoms with van der Waals surface area (Å²) in [5.74, 6) is -0.0511. The molecule has 0 saturated heterocycles. The Bertz CT molecular complexity index is 520. The summed E-state index contributed by atoms with van der Waals surface area (Å²) in [5.41, 5.74) is 3.20. The van der Waals surface area contributed by atoms with Crippen molar-refractivity contribution in [2.75, 3.05) is 17.2 Å². The predicted octanol–water partition coefficient (Wildman–Crippen LogP) is 3.30. The highest BCUT2D eigenvalue weighted by Gasteiger charge is 1.96. The lowest BCUT2D eigenvalue weighted by atomic mass is 10.1. The number of anilines is 2. The number of carbonyl (C=O) groups excluding carboxylic acids is 1. The molecule has 0 heterocycles. The molecule has 2 rings (SSSR count). The molecule has 0 aliphatic heterocycles. The molecule has 3 heteroatoms. The molecular formula is C16H18N2O. The Morgan fingerprint density at radius 2 is 1.58 bits per heavy atom. The summed E-state index contributed by atoms with van der Waals surface area (Å²) in [5, 5.41) is 6.11. The first-order valence-corrected chi connectivity index (χ1v) is 6.39. The summed E-state index contributed by atoms with van der Waals surface area (Å²) < 4.78 is 0. The number of amides is 1. The number of benzene rings is 2. The molecule has 1 amide bonds. The number of hydrogen-bond donors (Lipinski definition) is 2.